The van der Waals surface area contributed by atoms with Crippen LogP contribution < -0.4 is 0 Å². The van der Waals surface area contributed by atoms with E-state index in [2.05, 4.69) is 0 Å². The number of nitrogens with zero attached hydrogens (tertiary/aromatic N) is 6. The van der Waals surface area contributed by atoms with Gasteiger partial charge in [-0.2, -0.15) is 0 Å². The molecule has 0 spiro atoms. The lowest BCUT2D eigenvalue weighted by Gasteiger charge is -2.40. The second-order valence-electron chi connectivity index (χ2n) is 19.2. The third kappa shape index (κ3) is 30.2. The van der Waals surface area contributed by atoms with E-state index in [1.54, 1.807) is 0 Å². The number of hydrogen-bond acceptors (Lipinski definition) is 22. The molecule has 0 bridgehead atoms. The van der Waals surface area contributed by atoms with Crippen molar-refractivity contribution in [3.63, 3.8) is 0 Å². The van der Waals surface area contributed by atoms with Crippen LogP contribution in [0.25, 0.3) is 0 Å². The smallest absolute Gasteiger partial charge is 0.323 e. The quantitative estimate of drug-likeness (QED) is 0.0199. The summed E-state index contributed by atoms with van der Waals surface area (Å²) in [6, 6.07) is 0. The molecule has 0 heterocycles. The summed E-state index contributed by atoms with van der Waals surface area (Å²) in [5.41, 5.74) is -31.8. The molecular formula is C22H68N6O48P16. The predicted molar refractivity (Wildman–Crippen MR) is 301 cm³/mol. The van der Waals surface area contributed by atoms with Gasteiger partial charge in [-0.3, -0.25) is 92.6 Å². The maximum Gasteiger partial charge on any atom is 0.355 e. The molecule has 0 aliphatic rings. The molecular weight excluding hydrogens is 1610 g/mol. The van der Waals surface area contributed by atoms with E-state index in [0.717, 1.165) is 0 Å². The van der Waals surface area contributed by atoms with Crippen LogP contribution in [0.5, 0.6) is 0 Å². The van der Waals surface area contributed by atoms with Gasteiger partial charge in [0.15, 0.2) is 0 Å². The SMILES string of the molecule is O=P(O)(O)C(N(CCN(CCCCCCN(CCN(C(P(=O)(O)O)P(=O)(O)O)C(P(=O)(O)O)P(=O)(O)O)CCN(C(P(=O)(O)O)P(=O)(O)O)C(P(=O)(O)O)P(=O)(O)O)CCN(C(P(=O)(O)O)P(=O)(O)O)C(P(=O)(O)O)P(=O)(O)O)C(P(=O)(O)O)P(=O)(O)O)P(=O)(O)O. The van der Waals surface area contributed by atoms with Gasteiger partial charge in [0.2, 0.25) is 44.2 Å². The van der Waals surface area contributed by atoms with Crippen LogP contribution in [0.2, 0.25) is 0 Å². The lowest BCUT2D eigenvalue weighted by molar-refractivity contribution is 0.143. The summed E-state index contributed by atoms with van der Waals surface area (Å²) in [7, 11) is -107. The molecule has 0 aliphatic heterocycles. The van der Waals surface area contributed by atoms with Gasteiger partial charge in [0.05, 0.1) is 0 Å². The molecule has 554 valence electrons. The fourth-order valence-corrected chi connectivity index (χ4v) is 33.2. The van der Waals surface area contributed by atoms with Crippen LogP contribution in [-0.4, -0.2) is 296 Å². The number of hydrogen-bond donors (Lipinski definition) is 32. The Kier molecular flexibility index (Phi) is 34.1. The Labute approximate surface area is 514 Å². The van der Waals surface area contributed by atoms with Crippen molar-refractivity contribution in [1.82, 2.24) is 29.4 Å². The summed E-state index contributed by atoms with van der Waals surface area (Å²) < 4.78 is 201. The lowest BCUT2D eigenvalue weighted by Crippen LogP contribution is -2.49. The van der Waals surface area contributed by atoms with Crippen LogP contribution >= 0.6 is 122 Å². The van der Waals surface area contributed by atoms with Gasteiger partial charge < -0.3 is 166 Å². The standard InChI is InChI=1S/C22H68N6O48P16/c29-77(30,31)15(78(32,33)34)25(16(79(35,36)37)80(38,39)40)11-7-23(8-12-26(17(81(41,42)43)82(44,45)46)18(83(47,48)49)84(50,51)52)5-3-1-2-4-6-24(9-13-27(19(85(53,54)55)86(56,57)58)20(87(59,60)61)88(62,63)64)10-14-28(21(89(65,66)67)90(68,69)70)22(91(71,72)73)92(74,75)76/h15-22H,1-14H2,(H2,29,30,31)(H2,32,33,34)(H2,35,36,37)(H2,38,39,40)(H2,41,42,43)(H2,44,45,46)(H2,47,48,49)(H2,50,51,52)(H2,53,54,55)(H2,56,57,58)(H2,59,60,61)(H2,62,63,64)(H2,65,66,67)(H2,68,69,70)(H2,71,72,73)(H2,74,75,76). The third-order valence-corrected chi connectivity index (χ3v) is 40.4. The Hall–Kier alpha value is 2.16. The molecule has 32 N–H and O–H groups in total. The first-order chi connectivity index (χ1) is 39.9. The number of rotatable bonds is 43. The molecule has 0 atom stereocenters. The molecule has 0 aromatic carbocycles. The molecule has 0 rings (SSSR count). The van der Waals surface area contributed by atoms with E-state index in [9.17, 15) is 230 Å². The highest BCUT2D eigenvalue weighted by molar-refractivity contribution is 7.75. The van der Waals surface area contributed by atoms with E-state index in [1.807, 2.05) is 0 Å². The second-order valence-corrected chi connectivity index (χ2v) is 49.2. The van der Waals surface area contributed by atoms with Crippen molar-refractivity contribution >= 4 is 122 Å². The minimum Gasteiger partial charge on any atom is -0.323 e. The van der Waals surface area contributed by atoms with Crippen LogP contribution in [0.4, 0.5) is 0 Å². The first-order valence-electron chi connectivity index (χ1n) is 23.2. The first kappa shape index (κ1) is 94.2. The molecule has 92 heavy (non-hydrogen) atoms. The highest BCUT2D eigenvalue weighted by Crippen LogP contribution is 2.73. The predicted octanol–water partition coefficient (Wildman–Crippen LogP) is -6.53. The second kappa shape index (κ2) is 33.3. The van der Waals surface area contributed by atoms with Crippen LogP contribution in [0, 0.1) is 0 Å². The van der Waals surface area contributed by atoms with Crippen molar-refractivity contribution in [2.45, 2.75) is 69.9 Å². The maximum atomic E-state index is 12.5. The normalized spacial score (nSPS) is 15.7. The Morgan fingerprint density at radius 1 is 0.152 bits per heavy atom. The van der Waals surface area contributed by atoms with E-state index >= 15 is 0 Å². The molecule has 0 saturated heterocycles. The lowest BCUT2D eigenvalue weighted by atomic mass is 10.1. The van der Waals surface area contributed by atoms with E-state index in [1.165, 1.54) is 0 Å². The topological polar surface area (TPSA) is 940 Å². The molecule has 0 fully saturated rings. The van der Waals surface area contributed by atoms with Crippen molar-refractivity contribution in [2.75, 3.05) is 65.4 Å². The molecule has 0 aromatic rings. The molecule has 0 aliphatic carbocycles. The third-order valence-electron chi connectivity index (χ3n) is 11.6. The van der Waals surface area contributed by atoms with Gasteiger partial charge in [0.25, 0.3) is 0 Å². The average molecular weight is 1680 g/mol. The van der Waals surface area contributed by atoms with Crippen molar-refractivity contribution < 1.29 is 230 Å². The zero-order valence-corrected chi connectivity index (χ0v) is 59.5. The summed E-state index contributed by atoms with van der Waals surface area (Å²) in [4.78, 5) is 316. The zero-order valence-electron chi connectivity index (χ0n) is 45.2. The van der Waals surface area contributed by atoms with Crippen molar-refractivity contribution in [2.24, 2.45) is 0 Å². The van der Waals surface area contributed by atoms with Crippen molar-refractivity contribution in [3.8, 4) is 0 Å². The molecule has 54 nitrogen and oxygen atoms in total. The monoisotopic (exact) mass is 1680 g/mol. The summed E-state index contributed by atoms with van der Waals surface area (Å²) in [6.45, 7) is -15.7. The highest BCUT2D eigenvalue weighted by Gasteiger charge is 2.63. The number of unbranched alkanes of at least 4 members (excludes halogenated alkanes) is 3. The maximum absolute atomic E-state index is 12.5. The summed E-state index contributed by atoms with van der Waals surface area (Å²) >= 11 is 0. The fourth-order valence-electron chi connectivity index (χ4n) is 8.78. The van der Waals surface area contributed by atoms with Gasteiger partial charge in [-0.1, -0.05) is 12.8 Å². The molecule has 0 unspecified atom stereocenters. The average Bonchev–Trinajstić information content (AvgIpc) is 0.785. The molecule has 0 radical (unpaired) electrons. The minimum atomic E-state index is -6.67. The largest absolute Gasteiger partial charge is 0.355 e. The van der Waals surface area contributed by atoms with E-state index in [0.29, 0.717) is 9.80 Å². The summed E-state index contributed by atoms with van der Waals surface area (Å²) in [6.07, 6.45) is -2.51. The fraction of sp³-hybridized carbons (Fsp3) is 1.00. The van der Waals surface area contributed by atoms with Gasteiger partial charge >= 0.3 is 122 Å². The Balaban J connectivity index is 8.45. The van der Waals surface area contributed by atoms with Crippen molar-refractivity contribution in [1.29, 1.82) is 0 Å². The summed E-state index contributed by atoms with van der Waals surface area (Å²) in [5.74, 6) is 0. The first-order valence-corrected chi connectivity index (χ1v) is 50.1. The van der Waals surface area contributed by atoms with Gasteiger partial charge in [-0.05, 0) is 25.9 Å². The van der Waals surface area contributed by atoms with E-state index < -0.39 is 276 Å². The van der Waals surface area contributed by atoms with Crippen molar-refractivity contribution in [3.05, 3.63) is 0 Å². The minimum absolute atomic E-state index is 0.433. The van der Waals surface area contributed by atoms with Gasteiger partial charge in [0.1, 0.15) is 0 Å². The Bertz CT molecular complexity index is 2520. The Morgan fingerprint density at radius 3 is 0.337 bits per heavy atom. The van der Waals surface area contributed by atoms with Crippen LogP contribution in [-0.2, 0) is 73.0 Å². The van der Waals surface area contributed by atoms with Gasteiger partial charge in [0, 0.05) is 52.4 Å². The summed E-state index contributed by atoms with van der Waals surface area (Å²) in [5, 5.41) is 0. The zero-order chi connectivity index (χ0) is 74.0. The molecule has 0 aromatic heterocycles. The van der Waals surface area contributed by atoms with Crippen LogP contribution in [0.3, 0.4) is 0 Å². The molecule has 0 saturated carbocycles. The van der Waals surface area contributed by atoms with Gasteiger partial charge in [-0.25, -0.2) is 0 Å². The van der Waals surface area contributed by atoms with Gasteiger partial charge in [-0.15, -0.1) is 0 Å². The van der Waals surface area contributed by atoms with E-state index in [-0.39, 0.29) is 0 Å². The van der Waals surface area contributed by atoms with E-state index in [4.69, 9.17) is 0 Å². The van der Waals surface area contributed by atoms with Crippen LogP contribution in [0.15, 0.2) is 0 Å². The molecule has 0 amide bonds. The highest BCUT2D eigenvalue weighted by atomic mass is 31.3. The van der Waals surface area contributed by atoms with Crippen LogP contribution in [0.1, 0.15) is 25.7 Å². The Morgan fingerprint density at radius 2 is 0.250 bits per heavy atom. The molecule has 70 heteroatoms.